The number of aryl methyl sites for hydroxylation is 1. The van der Waals surface area contributed by atoms with Crippen LogP contribution in [0.2, 0.25) is 0 Å². The van der Waals surface area contributed by atoms with E-state index in [4.69, 9.17) is 5.73 Å². The number of rotatable bonds is 5. The minimum Gasteiger partial charge on any atom is -0.369 e. The molecule has 0 bridgehead atoms. The zero-order valence-electron chi connectivity index (χ0n) is 13.8. The number of amides is 2. The summed E-state index contributed by atoms with van der Waals surface area (Å²) in [5.74, 6) is -0.213. The van der Waals surface area contributed by atoms with Gasteiger partial charge in [0.25, 0.3) is 5.91 Å². The Morgan fingerprint density at radius 3 is 2.70 bits per heavy atom. The summed E-state index contributed by atoms with van der Waals surface area (Å²) in [7, 11) is 0. The SMILES string of the molecule is Cc1cc(=O)c(C(=O)N[C@H]2CN(CC(N)=O)C[C@@H]2C(C)C)c[nH]1. The molecule has 0 spiro atoms. The zero-order valence-corrected chi connectivity index (χ0v) is 13.8. The number of nitrogens with zero attached hydrogens (tertiary/aromatic N) is 1. The molecule has 2 rings (SSSR count). The van der Waals surface area contributed by atoms with E-state index in [0.29, 0.717) is 24.7 Å². The van der Waals surface area contributed by atoms with Crippen LogP contribution in [0, 0.1) is 18.8 Å². The molecule has 4 N–H and O–H groups in total. The van der Waals surface area contributed by atoms with Gasteiger partial charge in [-0.25, -0.2) is 0 Å². The van der Waals surface area contributed by atoms with E-state index < -0.39 is 0 Å². The minimum atomic E-state index is -0.386. The van der Waals surface area contributed by atoms with Crippen LogP contribution in [0.3, 0.4) is 0 Å². The van der Waals surface area contributed by atoms with Gasteiger partial charge in [-0.05, 0) is 18.8 Å². The van der Waals surface area contributed by atoms with Crippen molar-refractivity contribution >= 4 is 11.8 Å². The maximum absolute atomic E-state index is 12.4. The highest BCUT2D eigenvalue weighted by atomic mass is 16.2. The average molecular weight is 320 g/mol. The van der Waals surface area contributed by atoms with Crippen molar-refractivity contribution in [3.05, 3.63) is 33.7 Å². The first-order valence-corrected chi connectivity index (χ1v) is 7.78. The molecule has 0 aliphatic carbocycles. The topological polar surface area (TPSA) is 108 Å². The van der Waals surface area contributed by atoms with E-state index in [1.165, 1.54) is 12.3 Å². The number of primary amides is 1. The van der Waals surface area contributed by atoms with Gasteiger partial charge in [-0.1, -0.05) is 13.8 Å². The molecule has 2 amide bonds. The van der Waals surface area contributed by atoms with Gasteiger partial charge in [0.1, 0.15) is 5.56 Å². The van der Waals surface area contributed by atoms with E-state index in [2.05, 4.69) is 24.1 Å². The number of pyridine rings is 1. The van der Waals surface area contributed by atoms with Gasteiger partial charge in [-0.2, -0.15) is 0 Å². The fourth-order valence-corrected chi connectivity index (χ4v) is 3.09. The van der Waals surface area contributed by atoms with Gasteiger partial charge in [-0.15, -0.1) is 0 Å². The standard InChI is InChI=1S/C16H24N4O3/c1-9(2)12-6-20(8-15(17)22)7-13(12)19-16(23)11-5-18-10(3)4-14(11)21/h4-5,9,12-13H,6-8H2,1-3H3,(H2,17,22)(H,18,21)(H,19,23)/t12-,13+/m1/s1. The molecular formula is C16H24N4O3. The summed E-state index contributed by atoms with van der Waals surface area (Å²) in [6.07, 6.45) is 1.44. The smallest absolute Gasteiger partial charge is 0.257 e. The van der Waals surface area contributed by atoms with E-state index in [9.17, 15) is 14.4 Å². The van der Waals surface area contributed by atoms with Crippen molar-refractivity contribution in [2.75, 3.05) is 19.6 Å². The molecule has 0 aromatic carbocycles. The van der Waals surface area contributed by atoms with Crippen LogP contribution < -0.4 is 16.5 Å². The number of nitrogens with two attached hydrogens (primary N) is 1. The van der Waals surface area contributed by atoms with E-state index in [1.54, 1.807) is 6.92 Å². The number of aromatic amines is 1. The summed E-state index contributed by atoms with van der Waals surface area (Å²) in [4.78, 5) is 40.2. The summed E-state index contributed by atoms with van der Waals surface area (Å²) in [6.45, 7) is 7.36. The van der Waals surface area contributed by atoms with Gasteiger partial charge >= 0.3 is 0 Å². The number of hydrogen-bond donors (Lipinski definition) is 3. The predicted molar refractivity (Wildman–Crippen MR) is 87.0 cm³/mol. The lowest BCUT2D eigenvalue weighted by Gasteiger charge is -2.22. The van der Waals surface area contributed by atoms with E-state index in [1.807, 2.05) is 4.90 Å². The predicted octanol–water partition coefficient (Wildman–Crippen LogP) is -0.145. The van der Waals surface area contributed by atoms with Crippen molar-refractivity contribution in [2.24, 2.45) is 17.6 Å². The lowest BCUT2D eigenvalue weighted by molar-refractivity contribution is -0.118. The summed E-state index contributed by atoms with van der Waals surface area (Å²) >= 11 is 0. The third-order valence-electron chi connectivity index (χ3n) is 4.29. The van der Waals surface area contributed by atoms with Crippen LogP contribution in [0.25, 0.3) is 0 Å². The lowest BCUT2D eigenvalue weighted by Crippen LogP contribution is -2.43. The fraction of sp³-hybridized carbons (Fsp3) is 0.562. The molecular weight excluding hydrogens is 296 g/mol. The van der Waals surface area contributed by atoms with Crippen LogP contribution in [0.15, 0.2) is 17.1 Å². The number of likely N-dealkylation sites (tertiary alicyclic amines) is 1. The second kappa shape index (κ2) is 6.95. The van der Waals surface area contributed by atoms with Crippen LogP contribution in [0.4, 0.5) is 0 Å². The van der Waals surface area contributed by atoms with Crippen LogP contribution in [0.5, 0.6) is 0 Å². The largest absolute Gasteiger partial charge is 0.369 e. The highest BCUT2D eigenvalue weighted by Gasteiger charge is 2.36. The molecule has 1 fully saturated rings. The number of hydrogen-bond acceptors (Lipinski definition) is 4. The van der Waals surface area contributed by atoms with E-state index in [0.717, 1.165) is 0 Å². The lowest BCUT2D eigenvalue weighted by atomic mass is 9.91. The van der Waals surface area contributed by atoms with Crippen LogP contribution >= 0.6 is 0 Å². The first-order chi connectivity index (χ1) is 10.8. The fourth-order valence-electron chi connectivity index (χ4n) is 3.09. The Kier molecular flexibility index (Phi) is 5.20. The van der Waals surface area contributed by atoms with Gasteiger partial charge in [0.15, 0.2) is 5.43 Å². The molecule has 1 aliphatic heterocycles. The zero-order chi connectivity index (χ0) is 17.1. The van der Waals surface area contributed by atoms with Crippen molar-refractivity contribution in [3.63, 3.8) is 0 Å². The molecule has 1 aliphatic rings. The molecule has 0 saturated carbocycles. The Bertz CT molecular complexity index is 653. The second-order valence-corrected chi connectivity index (χ2v) is 6.54. The first kappa shape index (κ1) is 17.2. The molecule has 0 radical (unpaired) electrons. The molecule has 1 saturated heterocycles. The number of aromatic nitrogens is 1. The number of nitrogens with one attached hydrogen (secondary N) is 2. The monoisotopic (exact) mass is 320 g/mol. The summed E-state index contributed by atoms with van der Waals surface area (Å²) < 4.78 is 0. The van der Waals surface area contributed by atoms with Gasteiger partial charge < -0.3 is 16.0 Å². The molecule has 7 heteroatoms. The van der Waals surface area contributed by atoms with Gasteiger partial charge in [0, 0.05) is 37.1 Å². The highest BCUT2D eigenvalue weighted by Crippen LogP contribution is 2.24. The number of H-pyrrole nitrogens is 1. The molecule has 0 unspecified atom stereocenters. The highest BCUT2D eigenvalue weighted by molar-refractivity contribution is 5.94. The first-order valence-electron chi connectivity index (χ1n) is 7.78. The summed E-state index contributed by atoms with van der Waals surface area (Å²) in [5.41, 5.74) is 5.76. The Morgan fingerprint density at radius 1 is 1.43 bits per heavy atom. The molecule has 1 aromatic heterocycles. The van der Waals surface area contributed by atoms with Crippen LogP contribution in [-0.2, 0) is 4.79 Å². The summed E-state index contributed by atoms with van der Waals surface area (Å²) in [6, 6.07) is 1.30. The maximum atomic E-state index is 12.4. The Morgan fingerprint density at radius 2 is 2.13 bits per heavy atom. The third kappa shape index (κ3) is 4.19. The van der Waals surface area contributed by atoms with Crippen molar-refractivity contribution in [1.82, 2.24) is 15.2 Å². The summed E-state index contributed by atoms with van der Waals surface area (Å²) in [5, 5.41) is 2.94. The average Bonchev–Trinajstić information content (AvgIpc) is 2.80. The van der Waals surface area contributed by atoms with Crippen molar-refractivity contribution < 1.29 is 9.59 Å². The van der Waals surface area contributed by atoms with Crippen molar-refractivity contribution in [2.45, 2.75) is 26.8 Å². The van der Waals surface area contributed by atoms with Crippen LogP contribution in [0.1, 0.15) is 29.9 Å². The van der Waals surface area contributed by atoms with E-state index in [-0.39, 0.29) is 41.3 Å². The van der Waals surface area contributed by atoms with E-state index >= 15 is 0 Å². The Hall–Kier alpha value is -2.15. The van der Waals surface area contributed by atoms with Gasteiger partial charge in [0.2, 0.25) is 5.91 Å². The number of carbonyl (C=O) groups is 2. The van der Waals surface area contributed by atoms with Crippen molar-refractivity contribution in [1.29, 1.82) is 0 Å². The molecule has 2 heterocycles. The van der Waals surface area contributed by atoms with Crippen LogP contribution in [-0.4, -0.2) is 47.4 Å². The molecule has 1 aromatic rings. The molecule has 126 valence electrons. The minimum absolute atomic E-state index is 0.103. The normalized spacial score (nSPS) is 21.6. The molecule has 7 nitrogen and oxygen atoms in total. The molecule has 2 atom stereocenters. The maximum Gasteiger partial charge on any atom is 0.257 e. The number of carbonyl (C=O) groups excluding carboxylic acids is 2. The van der Waals surface area contributed by atoms with Gasteiger partial charge in [0.05, 0.1) is 6.54 Å². The Labute approximate surface area is 135 Å². The quantitative estimate of drug-likeness (QED) is 0.701. The van der Waals surface area contributed by atoms with Crippen molar-refractivity contribution in [3.8, 4) is 0 Å². The Balaban J connectivity index is 2.11. The molecule has 23 heavy (non-hydrogen) atoms. The second-order valence-electron chi connectivity index (χ2n) is 6.54. The van der Waals surface area contributed by atoms with Gasteiger partial charge in [-0.3, -0.25) is 19.3 Å². The third-order valence-corrected chi connectivity index (χ3v) is 4.29.